The summed E-state index contributed by atoms with van der Waals surface area (Å²) in [5.41, 5.74) is 1.08. The number of aromatic nitrogens is 2. The zero-order chi connectivity index (χ0) is 18.5. The Labute approximate surface area is 152 Å². The van der Waals surface area contributed by atoms with Crippen molar-refractivity contribution in [2.75, 3.05) is 19.6 Å². The van der Waals surface area contributed by atoms with Crippen molar-refractivity contribution in [1.82, 2.24) is 14.9 Å². The fourth-order valence-corrected chi connectivity index (χ4v) is 3.96. The minimum Gasteiger partial charge on any atom is -0.474 e. The molecule has 1 aliphatic heterocycles. The molecule has 2 aromatic heterocycles. The van der Waals surface area contributed by atoms with Gasteiger partial charge in [0, 0.05) is 25.4 Å². The fraction of sp³-hybridized carbons (Fsp3) is 0.500. The first-order valence-corrected chi connectivity index (χ1v) is 8.99. The molecule has 0 saturated carbocycles. The lowest BCUT2D eigenvalue weighted by Gasteiger charge is -2.36. The molecule has 0 aromatic carbocycles. The fourth-order valence-electron chi connectivity index (χ4n) is 3.04. The van der Waals surface area contributed by atoms with E-state index in [9.17, 15) is 18.1 Å². The molecule has 1 fully saturated rings. The summed E-state index contributed by atoms with van der Waals surface area (Å²) in [5.74, 6) is -0.203. The van der Waals surface area contributed by atoms with Gasteiger partial charge in [0.05, 0.1) is 16.4 Å². The van der Waals surface area contributed by atoms with Gasteiger partial charge in [-0.05, 0) is 18.9 Å². The van der Waals surface area contributed by atoms with Crippen molar-refractivity contribution in [3.63, 3.8) is 0 Å². The lowest BCUT2D eigenvalue weighted by atomic mass is 10.0. The van der Waals surface area contributed by atoms with Crippen molar-refractivity contribution in [3.05, 3.63) is 45.1 Å². The Hall–Kier alpha value is -2.07. The Kier molecular flexibility index (Phi) is 6.15. The number of rotatable bonds is 7. The molecule has 10 heteroatoms. The first-order chi connectivity index (χ1) is 12.6. The second-order valence-electron chi connectivity index (χ2n) is 5.90. The third kappa shape index (κ3) is 4.36. The molecule has 3 rings (SSSR count). The second-order valence-corrected chi connectivity index (χ2v) is 6.78. The Morgan fingerprint density at radius 2 is 2.12 bits per heavy atom. The van der Waals surface area contributed by atoms with Gasteiger partial charge in [0.15, 0.2) is 0 Å². The number of nitrogens with zero attached hydrogens (tertiary/aromatic N) is 4. The van der Waals surface area contributed by atoms with E-state index in [0.717, 1.165) is 11.3 Å². The highest BCUT2D eigenvalue weighted by atomic mass is 32.1. The number of likely N-dealkylation sites (tertiary alicyclic amines) is 1. The summed E-state index contributed by atoms with van der Waals surface area (Å²) in [6.07, 6.45) is -0.291. The molecule has 140 valence electrons. The predicted molar refractivity (Wildman–Crippen MR) is 89.9 cm³/mol. The molecule has 0 N–H and O–H groups in total. The van der Waals surface area contributed by atoms with Crippen LogP contribution in [-0.2, 0) is 0 Å². The van der Waals surface area contributed by atoms with Crippen LogP contribution >= 0.6 is 11.3 Å². The molecule has 6 nitrogen and oxygen atoms in total. The molecule has 1 saturated heterocycles. The van der Waals surface area contributed by atoms with Gasteiger partial charge in [-0.15, -0.1) is 11.3 Å². The molecule has 1 aliphatic rings. The van der Waals surface area contributed by atoms with Gasteiger partial charge < -0.3 is 4.74 Å². The third-order valence-electron chi connectivity index (χ3n) is 4.28. The number of hydrogen-bond donors (Lipinski definition) is 0. The SMILES string of the molecule is O=NCC(c1scnc1C(F)F)N1CCC(Oc2cc(F)ccn2)CC1. The molecular formula is C16H17F3N4O2S. The van der Waals surface area contributed by atoms with Crippen molar-refractivity contribution < 1.29 is 17.9 Å². The lowest BCUT2D eigenvalue weighted by molar-refractivity contribution is 0.0728. The van der Waals surface area contributed by atoms with Crippen LogP contribution in [0, 0.1) is 10.7 Å². The van der Waals surface area contributed by atoms with Gasteiger partial charge in [0.1, 0.15) is 24.2 Å². The Bertz CT molecular complexity index is 738. The molecular weight excluding hydrogens is 369 g/mol. The van der Waals surface area contributed by atoms with Crippen LogP contribution in [0.3, 0.4) is 0 Å². The van der Waals surface area contributed by atoms with Crippen LogP contribution < -0.4 is 4.74 Å². The summed E-state index contributed by atoms with van der Waals surface area (Å²) >= 11 is 1.11. The van der Waals surface area contributed by atoms with Gasteiger partial charge in [-0.3, -0.25) is 4.90 Å². The average Bonchev–Trinajstić information content (AvgIpc) is 3.10. The van der Waals surface area contributed by atoms with E-state index in [2.05, 4.69) is 15.1 Å². The number of piperidine rings is 1. The normalized spacial score (nSPS) is 17.4. The first kappa shape index (κ1) is 18.7. The van der Waals surface area contributed by atoms with Crippen molar-refractivity contribution in [2.24, 2.45) is 5.18 Å². The van der Waals surface area contributed by atoms with Crippen LogP contribution in [0.5, 0.6) is 5.88 Å². The van der Waals surface area contributed by atoms with Crippen molar-refractivity contribution in [3.8, 4) is 5.88 Å². The average molecular weight is 386 g/mol. The van der Waals surface area contributed by atoms with Gasteiger partial charge in [0.25, 0.3) is 6.43 Å². The highest BCUT2D eigenvalue weighted by Crippen LogP contribution is 2.35. The maximum Gasteiger partial charge on any atom is 0.281 e. The molecule has 0 radical (unpaired) electrons. The van der Waals surface area contributed by atoms with E-state index in [0.29, 0.717) is 30.8 Å². The molecule has 0 amide bonds. The molecule has 2 aromatic rings. The lowest BCUT2D eigenvalue weighted by Crippen LogP contribution is -2.41. The minimum atomic E-state index is -2.69. The number of alkyl halides is 2. The van der Waals surface area contributed by atoms with Gasteiger partial charge in [0.2, 0.25) is 5.88 Å². The van der Waals surface area contributed by atoms with Crippen LogP contribution in [0.2, 0.25) is 0 Å². The number of hydrogen-bond acceptors (Lipinski definition) is 7. The molecule has 1 atom stereocenters. The van der Waals surface area contributed by atoms with Crippen molar-refractivity contribution in [2.45, 2.75) is 31.4 Å². The number of pyridine rings is 1. The minimum absolute atomic E-state index is 0.112. The van der Waals surface area contributed by atoms with E-state index in [4.69, 9.17) is 4.74 Å². The van der Waals surface area contributed by atoms with Gasteiger partial charge in [-0.25, -0.2) is 23.1 Å². The summed E-state index contributed by atoms with van der Waals surface area (Å²) in [7, 11) is 0. The Morgan fingerprint density at radius 3 is 2.77 bits per heavy atom. The first-order valence-electron chi connectivity index (χ1n) is 8.11. The summed E-state index contributed by atoms with van der Waals surface area (Å²) < 4.78 is 45.1. The number of ether oxygens (including phenoxy) is 1. The summed E-state index contributed by atoms with van der Waals surface area (Å²) in [4.78, 5) is 20.8. The van der Waals surface area contributed by atoms with Crippen molar-refractivity contribution in [1.29, 1.82) is 0 Å². The van der Waals surface area contributed by atoms with E-state index in [1.807, 2.05) is 4.90 Å². The summed E-state index contributed by atoms with van der Waals surface area (Å²) in [6, 6.07) is 1.94. The molecule has 0 aliphatic carbocycles. The topological polar surface area (TPSA) is 67.7 Å². The zero-order valence-electron chi connectivity index (χ0n) is 13.7. The number of nitroso groups, excluding NO2 is 1. The standard InChI is InChI=1S/C16H17F3N4O2S/c17-10-1-4-20-13(7-10)25-11-2-5-23(6-3-11)12(8-22-24)15-14(16(18)19)21-9-26-15/h1,4,7,9,11-12,16H,2-3,5-6,8H2. The van der Waals surface area contributed by atoms with E-state index < -0.39 is 18.3 Å². The van der Waals surface area contributed by atoms with Crippen LogP contribution in [0.4, 0.5) is 13.2 Å². The molecule has 0 spiro atoms. The van der Waals surface area contributed by atoms with Crippen LogP contribution in [0.1, 0.15) is 35.9 Å². The Morgan fingerprint density at radius 1 is 1.35 bits per heavy atom. The van der Waals surface area contributed by atoms with Crippen molar-refractivity contribution >= 4 is 11.3 Å². The maximum absolute atomic E-state index is 13.2. The van der Waals surface area contributed by atoms with E-state index in [1.54, 1.807) is 0 Å². The highest BCUT2D eigenvalue weighted by molar-refractivity contribution is 7.09. The second kappa shape index (κ2) is 8.54. The van der Waals surface area contributed by atoms with E-state index in [-0.39, 0.29) is 24.2 Å². The quantitative estimate of drug-likeness (QED) is 0.674. The van der Waals surface area contributed by atoms with Crippen LogP contribution in [0.25, 0.3) is 0 Å². The van der Waals surface area contributed by atoms with Gasteiger partial charge >= 0.3 is 0 Å². The Balaban J connectivity index is 1.64. The predicted octanol–water partition coefficient (Wildman–Crippen LogP) is 3.97. The number of halogens is 3. The molecule has 0 bridgehead atoms. The number of thiazole rings is 1. The van der Waals surface area contributed by atoms with Gasteiger partial charge in [-0.2, -0.15) is 4.91 Å². The van der Waals surface area contributed by atoms with E-state index in [1.165, 1.54) is 23.8 Å². The molecule has 3 heterocycles. The van der Waals surface area contributed by atoms with Crippen LogP contribution in [-0.4, -0.2) is 40.6 Å². The zero-order valence-corrected chi connectivity index (χ0v) is 14.5. The smallest absolute Gasteiger partial charge is 0.281 e. The molecule has 1 unspecified atom stereocenters. The van der Waals surface area contributed by atoms with E-state index >= 15 is 0 Å². The summed E-state index contributed by atoms with van der Waals surface area (Å²) in [6.45, 7) is 0.973. The largest absolute Gasteiger partial charge is 0.474 e. The molecule has 26 heavy (non-hydrogen) atoms. The highest BCUT2D eigenvalue weighted by Gasteiger charge is 2.32. The summed E-state index contributed by atoms with van der Waals surface area (Å²) in [5, 5.41) is 2.92. The van der Waals surface area contributed by atoms with Crippen LogP contribution in [0.15, 0.2) is 29.0 Å². The third-order valence-corrected chi connectivity index (χ3v) is 5.23. The maximum atomic E-state index is 13.2. The monoisotopic (exact) mass is 386 g/mol. The van der Waals surface area contributed by atoms with Gasteiger partial charge in [-0.1, -0.05) is 5.18 Å².